The van der Waals surface area contributed by atoms with Gasteiger partial charge in [0, 0.05) is 12.1 Å². The fourth-order valence-electron chi connectivity index (χ4n) is 4.14. The molecule has 1 aromatic heterocycles. The van der Waals surface area contributed by atoms with Crippen LogP contribution in [0.4, 0.5) is 10.8 Å². The normalized spacial score (nSPS) is 14.4. The molecule has 0 aliphatic heterocycles. The molecule has 4 rings (SSSR count). The highest BCUT2D eigenvalue weighted by molar-refractivity contribution is 7.92. The van der Waals surface area contributed by atoms with E-state index in [2.05, 4.69) is 15.0 Å². The van der Waals surface area contributed by atoms with Crippen molar-refractivity contribution in [3.8, 4) is 16.2 Å². The predicted octanol–water partition coefficient (Wildman–Crippen LogP) is 5.45. The monoisotopic (exact) mass is 485 g/mol. The number of nitrogens with one attached hydrogen (secondary N) is 2. The van der Waals surface area contributed by atoms with E-state index < -0.39 is 10.0 Å². The van der Waals surface area contributed by atoms with Crippen LogP contribution in [0.25, 0.3) is 10.4 Å². The maximum Gasteiger partial charge on any atom is 0.262 e. The number of phenolic OH excluding ortho intramolecular Hbond substituents is 1. The molecule has 174 valence electrons. The van der Waals surface area contributed by atoms with Crippen molar-refractivity contribution < 1.29 is 18.3 Å². The molecule has 1 fully saturated rings. The summed E-state index contributed by atoms with van der Waals surface area (Å²) in [5, 5.41) is 12.9. The van der Waals surface area contributed by atoms with Crippen molar-refractivity contribution in [2.24, 2.45) is 5.92 Å². The summed E-state index contributed by atoms with van der Waals surface area (Å²) in [5.41, 5.74) is 2.42. The Bertz CT molecular complexity index is 1260. The number of hydrogen-bond donors (Lipinski definition) is 3. The number of rotatable bonds is 7. The molecule has 9 heteroatoms. The Morgan fingerprint density at radius 3 is 2.52 bits per heavy atom. The van der Waals surface area contributed by atoms with E-state index in [4.69, 9.17) is 0 Å². The first-order valence-electron chi connectivity index (χ1n) is 10.9. The van der Waals surface area contributed by atoms with E-state index in [9.17, 15) is 18.3 Å². The first kappa shape index (κ1) is 23.3. The number of benzene rings is 2. The summed E-state index contributed by atoms with van der Waals surface area (Å²) in [5.74, 6) is 0.492. The average molecular weight is 486 g/mol. The van der Waals surface area contributed by atoms with Crippen LogP contribution in [0.5, 0.6) is 5.75 Å². The summed E-state index contributed by atoms with van der Waals surface area (Å²) < 4.78 is 28.7. The second-order valence-corrected chi connectivity index (χ2v) is 11.1. The molecule has 33 heavy (non-hydrogen) atoms. The molecule has 7 nitrogen and oxygen atoms in total. The van der Waals surface area contributed by atoms with Gasteiger partial charge in [-0.25, -0.2) is 13.4 Å². The van der Waals surface area contributed by atoms with E-state index in [1.165, 1.54) is 48.4 Å². The second kappa shape index (κ2) is 9.52. The van der Waals surface area contributed by atoms with Gasteiger partial charge in [-0.2, -0.15) is 0 Å². The number of sulfonamides is 1. The first-order valence-corrected chi connectivity index (χ1v) is 13.2. The highest BCUT2D eigenvalue weighted by Gasteiger charge is 2.22. The highest BCUT2D eigenvalue weighted by atomic mass is 32.2. The third-order valence-electron chi connectivity index (χ3n) is 5.85. The van der Waals surface area contributed by atoms with E-state index in [0.717, 1.165) is 29.0 Å². The standard InChI is InChI=1S/C24H27N3O4S2/c1-15-7-8-18(14-21(15)33(30,31)27-19-9-11-20(28)12-10-19)23-16(2)25-24(32-23)26-22(29)13-17-5-3-4-6-17/h7-12,14,17,27-28H,3-6,13H2,1-2H3,(H,25,26,29). The number of phenols is 1. The molecule has 0 radical (unpaired) electrons. The smallest absolute Gasteiger partial charge is 0.262 e. The van der Waals surface area contributed by atoms with Gasteiger partial charge >= 0.3 is 0 Å². The van der Waals surface area contributed by atoms with Crippen LogP contribution in [0.2, 0.25) is 0 Å². The minimum Gasteiger partial charge on any atom is -0.508 e. The molecule has 1 saturated carbocycles. The van der Waals surface area contributed by atoms with Gasteiger partial charge in [0.25, 0.3) is 10.0 Å². The number of anilines is 2. The van der Waals surface area contributed by atoms with Crippen LogP contribution in [-0.2, 0) is 14.8 Å². The zero-order valence-electron chi connectivity index (χ0n) is 18.6. The third-order valence-corrected chi connectivity index (χ3v) is 8.50. The summed E-state index contributed by atoms with van der Waals surface area (Å²) in [6.07, 6.45) is 5.12. The Morgan fingerprint density at radius 2 is 1.82 bits per heavy atom. The van der Waals surface area contributed by atoms with Crippen molar-refractivity contribution in [2.75, 3.05) is 10.0 Å². The lowest BCUT2D eigenvalue weighted by Gasteiger charge is -2.12. The molecule has 0 saturated heterocycles. The molecule has 0 bridgehead atoms. The van der Waals surface area contributed by atoms with Crippen LogP contribution in [-0.4, -0.2) is 24.4 Å². The summed E-state index contributed by atoms with van der Waals surface area (Å²) in [4.78, 5) is 17.9. The molecule has 0 atom stereocenters. The van der Waals surface area contributed by atoms with Crippen LogP contribution in [0, 0.1) is 19.8 Å². The Labute approximate surface area is 198 Å². The van der Waals surface area contributed by atoms with Crippen molar-refractivity contribution in [1.29, 1.82) is 0 Å². The van der Waals surface area contributed by atoms with E-state index in [1.807, 2.05) is 13.0 Å². The van der Waals surface area contributed by atoms with Crippen LogP contribution < -0.4 is 10.0 Å². The van der Waals surface area contributed by atoms with Crippen LogP contribution in [0.3, 0.4) is 0 Å². The number of carbonyl (C=O) groups is 1. The number of hydrogen-bond acceptors (Lipinski definition) is 6. The van der Waals surface area contributed by atoms with Gasteiger partial charge in [-0.1, -0.05) is 36.3 Å². The maximum absolute atomic E-state index is 13.0. The van der Waals surface area contributed by atoms with Gasteiger partial charge in [-0.15, -0.1) is 0 Å². The predicted molar refractivity (Wildman–Crippen MR) is 131 cm³/mol. The number of thiazole rings is 1. The molecule has 3 N–H and O–H groups in total. The molecule has 2 aromatic carbocycles. The largest absolute Gasteiger partial charge is 0.508 e. The number of aromatic nitrogens is 1. The van der Waals surface area contributed by atoms with E-state index in [-0.39, 0.29) is 16.6 Å². The van der Waals surface area contributed by atoms with Crippen molar-refractivity contribution in [2.45, 2.75) is 50.8 Å². The molecule has 1 amide bonds. The van der Waals surface area contributed by atoms with Gasteiger partial charge in [0.2, 0.25) is 5.91 Å². The Hall–Kier alpha value is -2.91. The number of aromatic hydroxyl groups is 1. The fourth-order valence-corrected chi connectivity index (χ4v) is 6.44. The lowest BCUT2D eigenvalue weighted by Crippen LogP contribution is -2.14. The Balaban J connectivity index is 1.55. The van der Waals surface area contributed by atoms with Crippen molar-refractivity contribution in [3.63, 3.8) is 0 Å². The Kier molecular flexibility index (Phi) is 6.71. The van der Waals surface area contributed by atoms with Gasteiger partial charge in [0.1, 0.15) is 5.75 Å². The van der Waals surface area contributed by atoms with Crippen molar-refractivity contribution >= 4 is 38.1 Å². The molecule has 1 aliphatic rings. The highest BCUT2D eigenvalue weighted by Crippen LogP contribution is 2.35. The van der Waals surface area contributed by atoms with Crippen molar-refractivity contribution in [3.05, 3.63) is 53.7 Å². The number of aryl methyl sites for hydroxylation is 2. The first-order chi connectivity index (χ1) is 15.7. The molecule has 0 spiro atoms. The number of amides is 1. The number of carbonyl (C=O) groups excluding carboxylic acids is 1. The quantitative estimate of drug-likeness (QED) is 0.386. The van der Waals surface area contributed by atoms with E-state index >= 15 is 0 Å². The van der Waals surface area contributed by atoms with Crippen LogP contribution >= 0.6 is 11.3 Å². The maximum atomic E-state index is 13.0. The summed E-state index contributed by atoms with van der Waals surface area (Å²) in [6, 6.07) is 11.1. The number of nitrogens with zero attached hydrogens (tertiary/aromatic N) is 1. The molecular weight excluding hydrogens is 458 g/mol. The minimum absolute atomic E-state index is 0.0209. The van der Waals surface area contributed by atoms with Crippen LogP contribution in [0.1, 0.15) is 43.4 Å². The summed E-state index contributed by atoms with van der Waals surface area (Å²) in [6.45, 7) is 3.59. The third kappa shape index (κ3) is 5.54. The van der Waals surface area contributed by atoms with Crippen LogP contribution in [0.15, 0.2) is 47.4 Å². The SMILES string of the molecule is Cc1ccc(-c2sc(NC(=O)CC3CCCC3)nc2C)cc1S(=O)(=O)Nc1ccc(O)cc1. The van der Waals surface area contributed by atoms with E-state index in [1.54, 1.807) is 19.1 Å². The van der Waals surface area contributed by atoms with E-state index in [0.29, 0.717) is 28.7 Å². The van der Waals surface area contributed by atoms with Crippen molar-refractivity contribution in [1.82, 2.24) is 4.98 Å². The topological polar surface area (TPSA) is 108 Å². The minimum atomic E-state index is -3.84. The van der Waals surface area contributed by atoms with Gasteiger partial charge in [0.15, 0.2) is 5.13 Å². The van der Waals surface area contributed by atoms with Gasteiger partial charge in [-0.3, -0.25) is 9.52 Å². The lowest BCUT2D eigenvalue weighted by molar-refractivity contribution is -0.117. The fraction of sp³-hybridized carbons (Fsp3) is 0.333. The van der Waals surface area contributed by atoms with Gasteiger partial charge in [-0.05, 0) is 74.1 Å². The summed E-state index contributed by atoms with van der Waals surface area (Å²) >= 11 is 1.34. The molecule has 3 aromatic rings. The van der Waals surface area contributed by atoms with Gasteiger partial charge in [0.05, 0.1) is 15.5 Å². The molecule has 0 unspecified atom stereocenters. The lowest BCUT2D eigenvalue weighted by atomic mass is 10.0. The molecule has 1 heterocycles. The second-order valence-electron chi connectivity index (χ2n) is 8.47. The summed E-state index contributed by atoms with van der Waals surface area (Å²) in [7, 11) is -3.84. The zero-order chi connectivity index (χ0) is 23.6. The molecule has 1 aliphatic carbocycles. The molecular formula is C24H27N3O4S2. The Morgan fingerprint density at radius 1 is 1.12 bits per heavy atom. The zero-order valence-corrected chi connectivity index (χ0v) is 20.2. The average Bonchev–Trinajstić information content (AvgIpc) is 3.39. The van der Waals surface area contributed by atoms with Gasteiger partial charge < -0.3 is 10.4 Å².